The molecule has 0 amide bonds. The lowest BCUT2D eigenvalue weighted by molar-refractivity contribution is 0.300. The van der Waals surface area contributed by atoms with Crippen molar-refractivity contribution in [2.24, 2.45) is 7.05 Å². The Hall–Kier alpha value is -1.68. The normalized spacial score (nSPS) is 10.9. The van der Waals surface area contributed by atoms with Crippen molar-refractivity contribution in [1.29, 1.82) is 0 Å². The zero-order chi connectivity index (χ0) is 11.7. The number of aliphatic hydroxyl groups is 1. The highest BCUT2D eigenvalue weighted by Gasteiger charge is 2.07. The molecule has 0 aliphatic heterocycles. The SMILES string of the molecule is Cn1c(=O)cc(CCO)c2cc(F)ccc21. The van der Waals surface area contributed by atoms with Gasteiger partial charge in [0.2, 0.25) is 0 Å². The number of rotatable bonds is 2. The molecule has 0 saturated carbocycles. The molecule has 84 valence electrons. The Morgan fingerprint density at radius 3 is 2.81 bits per heavy atom. The summed E-state index contributed by atoms with van der Waals surface area (Å²) in [5.41, 5.74) is 1.21. The van der Waals surface area contributed by atoms with E-state index in [2.05, 4.69) is 0 Å². The summed E-state index contributed by atoms with van der Waals surface area (Å²) in [6.07, 6.45) is 0.357. The summed E-state index contributed by atoms with van der Waals surface area (Å²) < 4.78 is 14.6. The molecule has 3 nitrogen and oxygen atoms in total. The Balaban J connectivity index is 2.84. The van der Waals surface area contributed by atoms with Crippen LogP contribution in [0, 0.1) is 5.82 Å². The Morgan fingerprint density at radius 1 is 1.38 bits per heavy atom. The molecule has 0 saturated heterocycles. The molecule has 1 N–H and O–H groups in total. The Labute approximate surface area is 91.8 Å². The fourth-order valence-corrected chi connectivity index (χ4v) is 1.83. The fraction of sp³-hybridized carbons (Fsp3) is 0.250. The zero-order valence-corrected chi connectivity index (χ0v) is 8.90. The van der Waals surface area contributed by atoms with Gasteiger partial charge in [0.25, 0.3) is 5.56 Å². The number of fused-ring (bicyclic) bond motifs is 1. The molecular formula is C12H12FNO2. The molecule has 2 aromatic rings. The average Bonchev–Trinajstić information content (AvgIpc) is 2.26. The third-order valence-electron chi connectivity index (χ3n) is 2.68. The van der Waals surface area contributed by atoms with Crippen molar-refractivity contribution >= 4 is 10.9 Å². The van der Waals surface area contributed by atoms with Gasteiger partial charge in [0.15, 0.2) is 0 Å². The second-order valence-electron chi connectivity index (χ2n) is 3.70. The van der Waals surface area contributed by atoms with Crippen molar-refractivity contribution in [2.45, 2.75) is 6.42 Å². The highest BCUT2D eigenvalue weighted by atomic mass is 19.1. The van der Waals surface area contributed by atoms with Gasteiger partial charge in [-0.2, -0.15) is 0 Å². The van der Waals surface area contributed by atoms with Crippen molar-refractivity contribution in [3.8, 4) is 0 Å². The number of aromatic nitrogens is 1. The lowest BCUT2D eigenvalue weighted by atomic mass is 10.1. The first-order valence-electron chi connectivity index (χ1n) is 5.02. The molecular weight excluding hydrogens is 209 g/mol. The maximum atomic E-state index is 13.1. The van der Waals surface area contributed by atoms with E-state index in [-0.39, 0.29) is 18.0 Å². The number of hydrogen-bond acceptors (Lipinski definition) is 2. The molecule has 4 heteroatoms. The Bertz CT molecular complexity index is 589. The van der Waals surface area contributed by atoms with Gasteiger partial charge in [-0.05, 0) is 30.2 Å². The van der Waals surface area contributed by atoms with Crippen molar-refractivity contribution in [3.05, 3.63) is 46.0 Å². The molecule has 0 fully saturated rings. The number of hydrogen-bond donors (Lipinski definition) is 1. The first kappa shape index (κ1) is 10.8. The number of halogens is 1. The van der Waals surface area contributed by atoms with Crippen molar-refractivity contribution in [1.82, 2.24) is 4.57 Å². The van der Waals surface area contributed by atoms with E-state index in [0.717, 1.165) is 0 Å². The minimum atomic E-state index is -0.342. The third kappa shape index (κ3) is 1.72. The lowest BCUT2D eigenvalue weighted by Crippen LogP contribution is -2.17. The van der Waals surface area contributed by atoms with Crippen LogP contribution in [0.5, 0.6) is 0 Å². The van der Waals surface area contributed by atoms with Crippen molar-refractivity contribution in [3.63, 3.8) is 0 Å². The van der Waals surface area contributed by atoms with Crippen LogP contribution in [0.25, 0.3) is 10.9 Å². The quantitative estimate of drug-likeness (QED) is 0.828. The van der Waals surface area contributed by atoms with Crippen LogP contribution in [0.2, 0.25) is 0 Å². The van der Waals surface area contributed by atoms with E-state index in [1.54, 1.807) is 13.1 Å². The second kappa shape index (κ2) is 4.06. The van der Waals surface area contributed by atoms with E-state index >= 15 is 0 Å². The van der Waals surface area contributed by atoms with Gasteiger partial charge in [0, 0.05) is 25.1 Å². The highest BCUT2D eigenvalue weighted by Crippen LogP contribution is 2.18. The zero-order valence-electron chi connectivity index (χ0n) is 8.90. The van der Waals surface area contributed by atoms with E-state index in [0.29, 0.717) is 22.9 Å². The summed E-state index contributed by atoms with van der Waals surface area (Å²) in [6, 6.07) is 5.73. The standard InChI is InChI=1S/C12H12FNO2/c1-14-11-3-2-9(13)7-10(11)8(4-5-15)6-12(14)16/h2-3,6-7,15H,4-5H2,1H3. The fourth-order valence-electron chi connectivity index (χ4n) is 1.83. The van der Waals surface area contributed by atoms with E-state index < -0.39 is 0 Å². The summed E-state index contributed by atoms with van der Waals surface area (Å²) in [4.78, 5) is 11.6. The molecule has 16 heavy (non-hydrogen) atoms. The summed E-state index contributed by atoms with van der Waals surface area (Å²) >= 11 is 0. The number of nitrogens with zero attached hydrogens (tertiary/aromatic N) is 1. The van der Waals surface area contributed by atoms with Crippen LogP contribution >= 0.6 is 0 Å². The summed E-state index contributed by atoms with van der Waals surface area (Å²) in [7, 11) is 1.64. The van der Waals surface area contributed by atoms with Gasteiger partial charge < -0.3 is 9.67 Å². The molecule has 0 atom stereocenters. The van der Waals surface area contributed by atoms with Crippen molar-refractivity contribution < 1.29 is 9.50 Å². The largest absolute Gasteiger partial charge is 0.396 e. The molecule has 0 spiro atoms. The monoisotopic (exact) mass is 221 g/mol. The summed E-state index contributed by atoms with van der Waals surface area (Å²) in [5, 5.41) is 9.58. The second-order valence-corrected chi connectivity index (χ2v) is 3.70. The minimum absolute atomic E-state index is 0.0568. The van der Waals surface area contributed by atoms with Gasteiger partial charge in [0.1, 0.15) is 5.82 Å². The van der Waals surface area contributed by atoms with Crippen LogP contribution in [0.15, 0.2) is 29.1 Å². The van der Waals surface area contributed by atoms with Gasteiger partial charge in [-0.1, -0.05) is 0 Å². The van der Waals surface area contributed by atoms with Crippen LogP contribution in [-0.4, -0.2) is 16.3 Å². The van der Waals surface area contributed by atoms with Crippen LogP contribution in [-0.2, 0) is 13.5 Å². The van der Waals surface area contributed by atoms with E-state index in [1.807, 2.05) is 0 Å². The maximum Gasteiger partial charge on any atom is 0.251 e. The molecule has 1 aromatic carbocycles. The molecule has 2 rings (SSSR count). The van der Waals surface area contributed by atoms with Gasteiger partial charge in [-0.15, -0.1) is 0 Å². The number of benzene rings is 1. The summed E-state index contributed by atoms with van der Waals surface area (Å²) in [6.45, 7) is -0.0568. The third-order valence-corrected chi connectivity index (χ3v) is 2.68. The Morgan fingerprint density at radius 2 is 2.12 bits per heavy atom. The molecule has 1 aromatic heterocycles. The molecule has 0 radical (unpaired) electrons. The van der Waals surface area contributed by atoms with Crippen LogP contribution in [0.3, 0.4) is 0 Å². The van der Waals surface area contributed by atoms with Gasteiger partial charge in [-0.25, -0.2) is 4.39 Å². The maximum absolute atomic E-state index is 13.1. The van der Waals surface area contributed by atoms with E-state index in [1.165, 1.54) is 22.8 Å². The highest BCUT2D eigenvalue weighted by molar-refractivity contribution is 5.82. The Kier molecular flexibility index (Phi) is 2.75. The number of aliphatic hydroxyl groups excluding tert-OH is 1. The summed E-state index contributed by atoms with van der Waals surface area (Å²) in [5.74, 6) is -0.342. The topological polar surface area (TPSA) is 42.2 Å². The van der Waals surface area contributed by atoms with Gasteiger partial charge >= 0.3 is 0 Å². The lowest BCUT2D eigenvalue weighted by Gasteiger charge is -2.09. The molecule has 0 bridgehead atoms. The van der Waals surface area contributed by atoms with E-state index in [4.69, 9.17) is 5.11 Å². The molecule has 0 unspecified atom stereocenters. The minimum Gasteiger partial charge on any atom is -0.396 e. The molecule has 0 aliphatic carbocycles. The number of aryl methyl sites for hydroxylation is 1. The molecule has 1 heterocycles. The van der Waals surface area contributed by atoms with Crippen LogP contribution in [0.1, 0.15) is 5.56 Å². The van der Waals surface area contributed by atoms with Gasteiger partial charge in [-0.3, -0.25) is 4.79 Å². The van der Waals surface area contributed by atoms with Crippen LogP contribution in [0.4, 0.5) is 4.39 Å². The smallest absolute Gasteiger partial charge is 0.251 e. The first-order chi connectivity index (χ1) is 7.63. The van der Waals surface area contributed by atoms with Crippen molar-refractivity contribution in [2.75, 3.05) is 6.61 Å². The first-order valence-corrected chi connectivity index (χ1v) is 5.02. The predicted molar refractivity (Wildman–Crippen MR) is 59.9 cm³/mol. The van der Waals surface area contributed by atoms with Crippen LogP contribution < -0.4 is 5.56 Å². The molecule has 0 aliphatic rings. The van der Waals surface area contributed by atoms with E-state index in [9.17, 15) is 9.18 Å². The predicted octanol–water partition coefficient (Wildman–Crippen LogP) is 1.21. The average molecular weight is 221 g/mol. The number of pyridine rings is 1. The van der Waals surface area contributed by atoms with Gasteiger partial charge in [0.05, 0.1) is 5.52 Å².